The van der Waals surface area contributed by atoms with E-state index < -0.39 is 6.17 Å². The van der Waals surface area contributed by atoms with Crippen LogP contribution in [0.2, 0.25) is 10.0 Å². The first-order chi connectivity index (χ1) is 13.9. The summed E-state index contributed by atoms with van der Waals surface area (Å²) in [5, 5.41) is 16.1. The number of rotatable bonds is 5. The molecule has 1 atom stereocenters. The predicted octanol–water partition coefficient (Wildman–Crippen LogP) is 2.98. The Labute approximate surface area is 184 Å². The van der Waals surface area contributed by atoms with E-state index in [1.165, 1.54) is 4.90 Å². The molecule has 29 heavy (non-hydrogen) atoms. The highest BCUT2D eigenvalue weighted by molar-refractivity contribution is 7.80. The summed E-state index contributed by atoms with van der Waals surface area (Å²) in [7, 11) is 1.68. The Balaban J connectivity index is 2.06. The van der Waals surface area contributed by atoms with Crippen LogP contribution in [0.25, 0.3) is 0 Å². The third-order valence-electron chi connectivity index (χ3n) is 4.42. The number of benzodiazepines with no additional fused rings is 1. The molecule has 0 bridgehead atoms. The van der Waals surface area contributed by atoms with Crippen molar-refractivity contribution in [2.75, 3.05) is 25.1 Å². The molecule has 1 amide bonds. The topological polar surface area (TPSA) is 77.0 Å². The highest BCUT2D eigenvalue weighted by Gasteiger charge is 2.31. The van der Waals surface area contributed by atoms with Crippen molar-refractivity contribution < 1.29 is 9.90 Å². The molecule has 0 aliphatic carbocycles. The fraction of sp³-hybridized carbons (Fsp3) is 0.250. The van der Waals surface area contributed by atoms with Crippen LogP contribution in [0, 0.1) is 0 Å². The van der Waals surface area contributed by atoms with Crippen LogP contribution in [0.5, 0.6) is 0 Å². The Bertz CT molecular complexity index is 967. The number of likely N-dealkylation sites (N-methyl/N-ethyl adjacent to an activating group) is 1. The molecule has 1 aliphatic rings. The summed E-state index contributed by atoms with van der Waals surface area (Å²) in [5.41, 5.74) is 2.60. The van der Waals surface area contributed by atoms with E-state index in [4.69, 9.17) is 40.5 Å². The summed E-state index contributed by atoms with van der Waals surface area (Å²) in [6.45, 7) is 0.529. The maximum absolute atomic E-state index is 13.1. The lowest BCUT2D eigenvalue weighted by Crippen LogP contribution is -2.49. The zero-order chi connectivity index (χ0) is 21.0. The third kappa shape index (κ3) is 4.87. The highest BCUT2D eigenvalue weighted by atomic mass is 35.5. The van der Waals surface area contributed by atoms with Gasteiger partial charge in [-0.25, -0.2) is 4.99 Å². The van der Waals surface area contributed by atoms with E-state index in [0.29, 0.717) is 45.5 Å². The van der Waals surface area contributed by atoms with Gasteiger partial charge in [0.25, 0.3) is 5.91 Å². The van der Waals surface area contributed by atoms with Crippen LogP contribution in [0.4, 0.5) is 5.69 Å². The van der Waals surface area contributed by atoms with Gasteiger partial charge in [-0.1, -0.05) is 41.4 Å². The van der Waals surface area contributed by atoms with Gasteiger partial charge in [0.05, 0.1) is 11.4 Å². The molecule has 0 radical (unpaired) electrons. The lowest BCUT2D eigenvalue weighted by molar-refractivity contribution is -0.119. The number of hydrogen-bond donors (Lipinski definition) is 3. The molecule has 0 saturated heterocycles. The van der Waals surface area contributed by atoms with Gasteiger partial charge >= 0.3 is 0 Å². The first-order valence-electron chi connectivity index (χ1n) is 8.97. The van der Waals surface area contributed by atoms with Gasteiger partial charge in [0.2, 0.25) is 6.17 Å². The Morgan fingerprint density at radius 2 is 2.00 bits per heavy atom. The first-order valence-corrected chi connectivity index (χ1v) is 10.1. The highest BCUT2D eigenvalue weighted by Crippen LogP contribution is 2.31. The number of carbonyl (C=O) groups is 1. The lowest BCUT2D eigenvalue weighted by atomic mass is 10.00. The number of aliphatic hydroxyl groups is 1. The van der Waals surface area contributed by atoms with Crippen molar-refractivity contribution in [2.45, 2.75) is 12.6 Å². The fourth-order valence-electron chi connectivity index (χ4n) is 2.96. The van der Waals surface area contributed by atoms with Crippen LogP contribution in [-0.4, -0.2) is 48.2 Å². The van der Waals surface area contributed by atoms with Crippen molar-refractivity contribution in [1.29, 1.82) is 0 Å². The second-order valence-electron chi connectivity index (χ2n) is 6.40. The number of amides is 1. The zero-order valence-electron chi connectivity index (χ0n) is 15.7. The van der Waals surface area contributed by atoms with Crippen molar-refractivity contribution in [3.05, 3.63) is 63.6 Å². The van der Waals surface area contributed by atoms with Crippen molar-refractivity contribution in [1.82, 2.24) is 10.6 Å². The summed E-state index contributed by atoms with van der Waals surface area (Å²) >= 11 is 18.0. The molecule has 1 unspecified atom stereocenters. The molecule has 0 spiro atoms. The number of fused-ring (bicyclic) bond motifs is 1. The zero-order valence-corrected chi connectivity index (χ0v) is 18.0. The molecular weight excluding hydrogens is 431 g/mol. The number of aliphatic imine (C=N–C) groups is 1. The van der Waals surface area contributed by atoms with E-state index in [-0.39, 0.29) is 17.6 Å². The molecule has 0 aromatic heterocycles. The Morgan fingerprint density at radius 3 is 2.72 bits per heavy atom. The standard InChI is InChI=1S/C20H20Cl2N4O2S/c1-26-16-8-7-12(21)11-14(16)17(13-5-2-3-6-15(13)22)24-18(19(26)28)25-20(29)23-9-4-10-27/h2-3,5-8,11,18,27H,4,9-10H2,1H3,(H2,23,25,29). The van der Waals surface area contributed by atoms with Gasteiger partial charge in [0.1, 0.15) is 0 Å². The van der Waals surface area contributed by atoms with Crippen LogP contribution in [0.1, 0.15) is 17.5 Å². The molecule has 152 valence electrons. The first kappa shape index (κ1) is 21.5. The second-order valence-corrected chi connectivity index (χ2v) is 7.65. The maximum atomic E-state index is 13.1. The number of benzene rings is 2. The summed E-state index contributed by atoms with van der Waals surface area (Å²) in [6.07, 6.45) is -0.412. The van der Waals surface area contributed by atoms with Crippen LogP contribution in [0.15, 0.2) is 47.5 Å². The van der Waals surface area contributed by atoms with Gasteiger partial charge in [-0.2, -0.15) is 0 Å². The summed E-state index contributed by atoms with van der Waals surface area (Å²) in [5.74, 6) is -0.276. The summed E-state index contributed by atoms with van der Waals surface area (Å²) < 4.78 is 0. The van der Waals surface area contributed by atoms with Crippen molar-refractivity contribution in [3.8, 4) is 0 Å². The minimum Gasteiger partial charge on any atom is -0.396 e. The molecular formula is C20H20Cl2N4O2S. The molecule has 0 fully saturated rings. The number of nitrogens with zero attached hydrogens (tertiary/aromatic N) is 2. The smallest absolute Gasteiger partial charge is 0.272 e. The number of carbonyl (C=O) groups excluding carboxylic acids is 1. The Kier molecular flexibility index (Phi) is 7.08. The monoisotopic (exact) mass is 450 g/mol. The predicted molar refractivity (Wildman–Crippen MR) is 121 cm³/mol. The van der Waals surface area contributed by atoms with Crippen molar-refractivity contribution >= 4 is 57.8 Å². The lowest BCUT2D eigenvalue weighted by Gasteiger charge is -2.22. The molecule has 6 nitrogen and oxygen atoms in total. The number of hydrogen-bond acceptors (Lipinski definition) is 4. The largest absolute Gasteiger partial charge is 0.396 e. The summed E-state index contributed by atoms with van der Waals surface area (Å²) in [6, 6.07) is 12.6. The maximum Gasteiger partial charge on any atom is 0.272 e. The molecule has 9 heteroatoms. The quantitative estimate of drug-likeness (QED) is 0.482. The number of aliphatic hydroxyl groups excluding tert-OH is 1. The van der Waals surface area contributed by atoms with Gasteiger partial charge in [0, 0.05) is 41.4 Å². The molecule has 2 aromatic rings. The van der Waals surface area contributed by atoms with Crippen molar-refractivity contribution in [3.63, 3.8) is 0 Å². The van der Waals surface area contributed by atoms with Crippen molar-refractivity contribution in [2.24, 2.45) is 4.99 Å². The molecule has 2 aromatic carbocycles. The SMILES string of the molecule is CN1C(=O)C(NC(=S)NCCCO)N=C(c2ccccc2Cl)c2cc(Cl)ccc21. The Hall–Kier alpha value is -2.19. The third-order valence-corrected chi connectivity index (χ3v) is 5.24. The number of halogens is 2. The normalized spacial score (nSPS) is 16.0. The summed E-state index contributed by atoms with van der Waals surface area (Å²) in [4.78, 5) is 19.3. The second kappa shape index (κ2) is 9.54. The van der Waals surface area contributed by atoms with E-state index in [1.807, 2.05) is 18.2 Å². The molecule has 1 heterocycles. The van der Waals surface area contributed by atoms with Gasteiger partial charge in [-0.15, -0.1) is 0 Å². The molecule has 0 saturated carbocycles. The van der Waals surface area contributed by atoms with E-state index >= 15 is 0 Å². The average molecular weight is 451 g/mol. The molecule has 3 N–H and O–H groups in total. The minimum absolute atomic E-state index is 0.0472. The van der Waals surface area contributed by atoms with Gasteiger partial charge in [0.15, 0.2) is 5.11 Å². The van der Waals surface area contributed by atoms with E-state index in [9.17, 15) is 4.79 Å². The number of nitrogens with one attached hydrogen (secondary N) is 2. The van der Waals surface area contributed by atoms with E-state index in [0.717, 1.165) is 0 Å². The average Bonchev–Trinajstić information content (AvgIpc) is 2.79. The van der Waals surface area contributed by atoms with Gasteiger partial charge in [-0.05, 0) is 42.9 Å². The minimum atomic E-state index is -0.952. The van der Waals surface area contributed by atoms with E-state index in [2.05, 4.69) is 15.6 Å². The molecule has 3 rings (SSSR count). The van der Waals surface area contributed by atoms with E-state index in [1.54, 1.807) is 31.3 Å². The molecule has 1 aliphatic heterocycles. The number of thiocarbonyl (C=S) groups is 1. The fourth-order valence-corrected chi connectivity index (χ4v) is 3.58. The van der Waals surface area contributed by atoms with Gasteiger partial charge < -0.3 is 20.6 Å². The van der Waals surface area contributed by atoms with Crippen LogP contribution < -0.4 is 15.5 Å². The van der Waals surface area contributed by atoms with Crippen LogP contribution >= 0.6 is 35.4 Å². The van der Waals surface area contributed by atoms with Gasteiger partial charge in [-0.3, -0.25) is 4.79 Å². The Morgan fingerprint density at radius 1 is 1.24 bits per heavy atom. The number of anilines is 1. The van der Waals surface area contributed by atoms with Crippen LogP contribution in [0.3, 0.4) is 0 Å². The van der Waals surface area contributed by atoms with Crippen LogP contribution in [-0.2, 0) is 4.79 Å².